The topological polar surface area (TPSA) is 67.5 Å². The molecule has 24 heavy (non-hydrogen) atoms. The number of anilines is 1. The molecule has 0 saturated heterocycles. The quantitative estimate of drug-likeness (QED) is 0.463. The van der Waals surface area contributed by atoms with Gasteiger partial charge in [0.1, 0.15) is 11.9 Å². The summed E-state index contributed by atoms with van der Waals surface area (Å²) in [6, 6.07) is 14.5. The minimum atomic E-state index is -0.753. The largest absolute Gasteiger partial charge is 0.473 e. The monoisotopic (exact) mass is 390 g/mol. The second kappa shape index (κ2) is 10.6. The first-order valence-electron chi connectivity index (χ1n) is 7.40. The van der Waals surface area contributed by atoms with E-state index in [9.17, 15) is 5.11 Å². The maximum Gasteiger partial charge on any atom is 0.173 e. The molecule has 4 nitrogen and oxygen atoms in total. The van der Waals surface area contributed by atoms with Crippen LogP contribution in [0.15, 0.2) is 48.5 Å². The Morgan fingerprint density at radius 2 is 1.83 bits per heavy atom. The lowest BCUT2D eigenvalue weighted by molar-refractivity contribution is 0.0340. The molecular weight excluding hydrogens is 371 g/mol. The second-order valence-corrected chi connectivity index (χ2v) is 6.00. The zero-order valence-electron chi connectivity index (χ0n) is 13.0. The molecule has 132 valence electrons. The number of nitrogens with one attached hydrogen (secondary N) is 1. The fraction of sp³-hybridized carbons (Fsp3) is 0.294. The summed E-state index contributed by atoms with van der Waals surface area (Å²) < 4.78 is 5.50. The second-order valence-electron chi connectivity index (χ2n) is 5.16. The average molecular weight is 392 g/mol. The summed E-state index contributed by atoms with van der Waals surface area (Å²) in [5, 5.41) is 14.4. The lowest BCUT2D eigenvalue weighted by Gasteiger charge is -2.20. The van der Waals surface area contributed by atoms with Crippen LogP contribution in [0.25, 0.3) is 0 Å². The number of nitrogens with two attached hydrogens (primary N) is 1. The molecule has 4 N–H and O–H groups in total. The number of hydrogen-bond donors (Lipinski definition) is 3. The maximum absolute atomic E-state index is 10.0. The highest BCUT2D eigenvalue weighted by molar-refractivity contribution is 6.36. The zero-order valence-corrected chi connectivity index (χ0v) is 15.3. The smallest absolute Gasteiger partial charge is 0.173 e. The minimum absolute atomic E-state index is 0. The van der Waals surface area contributed by atoms with E-state index in [1.54, 1.807) is 24.3 Å². The van der Waals surface area contributed by atoms with Gasteiger partial charge in [0.15, 0.2) is 6.23 Å². The fourth-order valence-corrected chi connectivity index (χ4v) is 2.54. The van der Waals surface area contributed by atoms with E-state index in [0.717, 1.165) is 12.1 Å². The highest BCUT2D eigenvalue weighted by Crippen LogP contribution is 2.25. The van der Waals surface area contributed by atoms with E-state index in [2.05, 4.69) is 5.32 Å². The summed E-state index contributed by atoms with van der Waals surface area (Å²) >= 11 is 11.9. The molecule has 2 rings (SSSR count). The molecule has 2 aromatic rings. The molecule has 7 heteroatoms. The molecule has 0 saturated carbocycles. The van der Waals surface area contributed by atoms with Crippen molar-refractivity contribution in [1.82, 2.24) is 0 Å². The van der Waals surface area contributed by atoms with Gasteiger partial charge in [0.25, 0.3) is 0 Å². The van der Waals surface area contributed by atoms with Crippen molar-refractivity contribution in [2.24, 2.45) is 5.73 Å². The van der Waals surface area contributed by atoms with Gasteiger partial charge in [0.2, 0.25) is 0 Å². The van der Waals surface area contributed by atoms with E-state index in [1.807, 2.05) is 24.3 Å². The molecule has 0 amide bonds. The molecule has 0 heterocycles. The Hall–Kier alpha value is -1.17. The molecule has 0 aliphatic heterocycles. The SMILES string of the molecule is Cl.NC(Oc1ccccc1)C(O)CCCNc1ccc(Cl)cc1Cl. The number of aliphatic hydroxyl groups excluding tert-OH is 1. The third kappa shape index (κ3) is 6.75. The Morgan fingerprint density at radius 1 is 1.12 bits per heavy atom. The molecule has 0 spiro atoms. The van der Waals surface area contributed by atoms with Crippen LogP contribution in [0.2, 0.25) is 10.0 Å². The van der Waals surface area contributed by atoms with Crippen LogP contribution in [-0.2, 0) is 0 Å². The van der Waals surface area contributed by atoms with Crippen molar-refractivity contribution in [3.8, 4) is 5.75 Å². The summed E-state index contributed by atoms with van der Waals surface area (Å²) in [5.41, 5.74) is 6.67. The van der Waals surface area contributed by atoms with Crippen molar-refractivity contribution in [2.45, 2.75) is 25.2 Å². The fourth-order valence-electron chi connectivity index (χ4n) is 2.07. The molecular formula is C17H21Cl3N2O2. The molecule has 0 aliphatic rings. The van der Waals surface area contributed by atoms with E-state index in [1.165, 1.54) is 0 Å². The van der Waals surface area contributed by atoms with Crippen molar-refractivity contribution in [1.29, 1.82) is 0 Å². The molecule has 0 aliphatic carbocycles. The predicted octanol–water partition coefficient (Wildman–Crippen LogP) is 4.33. The summed E-state index contributed by atoms with van der Waals surface area (Å²) in [5.74, 6) is 0.644. The molecule has 2 unspecified atom stereocenters. The lowest BCUT2D eigenvalue weighted by atomic mass is 10.1. The normalized spacial score (nSPS) is 12.8. The Kier molecular flexibility index (Phi) is 9.26. The third-order valence-electron chi connectivity index (χ3n) is 3.32. The van der Waals surface area contributed by atoms with Crippen LogP contribution in [0.3, 0.4) is 0 Å². The van der Waals surface area contributed by atoms with Crippen molar-refractivity contribution >= 4 is 41.3 Å². The number of halogens is 3. The van der Waals surface area contributed by atoms with Gasteiger partial charge in [-0.1, -0.05) is 41.4 Å². The van der Waals surface area contributed by atoms with Crippen LogP contribution in [0.5, 0.6) is 5.75 Å². The Balaban J connectivity index is 0.00000288. The van der Waals surface area contributed by atoms with Crippen LogP contribution in [0, 0.1) is 0 Å². The Bertz CT molecular complexity index is 614. The number of para-hydroxylation sites is 1. The van der Waals surface area contributed by atoms with Gasteiger partial charge in [0.05, 0.1) is 10.7 Å². The summed E-state index contributed by atoms with van der Waals surface area (Å²) in [7, 11) is 0. The van der Waals surface area contributed by atoms with E-state index in [0.29, 0.717) is 28.8 Å². The standard InChI is InChI=1S/C17H20Cl2N2O2.ClH/c18-12-8-9-15(14(19)11-12)21-10-4-7-16(22)17(20)23-13-5-2-1-3-6-13;/h1-3,5-6,8-9,11,16-17,21-22H,4,7,10,20H2;1H. The summed E-state index contributed by atoms with van der Waals surface area (Å²) in [6.07, 6.45) is -0.243. The van der Waals surface area contributed by atoms with Gasteiger partial charge >= 0.3 is 0 Å². The molecule has 0 fully saturated rings. The van der Waals surface area contributed by atoms with E-state index >= 15 is 0 Å². The summed E-state index contributed by atoms with van der Waals surface area (Å²) in [6.45, 7) is 0.663. The molecule has 0 radical (unpaired) electrons. The van der Waals surface area contributed by atoms with E-state index in [4.69, 9.17) is 33.7 Å². The number of ether oxygens (including phenoxy) is 1. The molecule has 2 aromatic carbocycles. The number of aliphatic hydroxyl groups is 1. The van der Waals surface area contributed by atoms with Gasteiger partial charge < -0.3 is 15.2 Å². The first-order valence-corrected chi connectivity index (χ1v) is 8.16. The van der Waals surface area contributed by atoms with Gasteiger partial charge in [-0.05, 0) is 43.2 Å². The highest BCUT2D eigenvalue weighted by atomic mass is 35.5. The van der Waals surface area contributed by atoms with E-state index in [-0.39, 0.29) is 12.4 Å². The Labute approximate surface area is 158 Å². The van der Waals surface area contributed by atoms with Crippen LogP contribution in [-0.4, -0.2) is 24.0 Å². The Morgan fingerprint density at radius 3 is 2.50 bits per heavy atom. The first kappa shape index (κ1) is 20.9. The van der Waals surface area contributed by atoms with Gasteiger partial charge in [-0.2, -0.15) is 0 Å². The van der Waals surface area contributed by atoms with Crippen LogP contribution in [0.1, 0.15) is 12.8 Å². The number of rotatable bonds is 8. The molecule has 0 aromatic heterocycles. The highest BCUT2D eigenvalue weighted by Gasteiger charge is 2.16. The van der Waals surface area contributed by atoms with Gasteiger partial charge in [-0.3, -0.25) is 5.73 Å². The van der Waals surface area contributed by atoms with Gasteiger partial charge in [-0.15, -0.1) is 12.4 Å². The first-order chi connectivity index (χ1) is 11.1. The summed E-state index contributed by atoms with van der Waals surface area (Å²) in [4.78, 5) is 0. The van der Waals surface area contributed by atoms with Crippen molar-refractivity contribution < 1.29 is 9.84 Å². The van der Waals surface area contributed by atoms with Crippen LogP contribution >= 0.6 is 35.6 Å². The van der Waals surface area contributed by atoms with Crippen molar-refractivity contribution in [3.63, 3.8) is 0 Å². The maximum atomic E-state index is 10.0. The molecule has 2 atom stereocenters. The average Bonchev–Trinajstić information content (AvgIpc) is 2.54. The van der Waals surface area contributed by atoms with Crippen molar-refractivity contribution in [3.05, 3.63) is 58.6 Å². The predicted molar refractivity (Wildman–Crippen MR) is 102 cm³/mol. The minimum Gasteiger partial charge on any atom is -0.473 e. The third-order valence-corrected chi connectivity index (χ3v) is 3.87. The van der Waals surface area contributed by atoms with E-state index < -0.39 is 12.3 Å². The van der Waals surface area contributed by atoms with Gasteiger partial charge in [0, 0.05) is 11.6 Å². The lowest BCUT2D eigenvalue weighted by Crippen LogP contribution is -2.40. The van der Waals surface area contributed by atoms with Gasteiger partial charge in [-0.25, -0.2) is 0 Å². The number of hydrogen-bond acceptors (Lipinski definition) is 4. The van der Waals surface area contributed by atoms with Crippen LogP contribution in [0.4, 0.5) is 5.69 Å². The van der Waals surface area contributed by atoms with Crippen molar-refractivity contribution in [2.75, 3.05) is 11.9 Å². The number of benzene rings is 2. The van der Waals surface area contributed by atoms with Crippen LogP contribution < -0.4 is 15.8 Å². The zero-order chi connectivity index (χ0) is 16.7. The molecule has 0 bridgehead atoms.